The molecule has 8 heteroatoms. The van der Waals surface area contributed by atoms with Crippen molar-refractivity contribution in [2.75, 3.05) is 51.3 Å². The number of nitrogens with one attached hydrogen (secondary N) is 2. The molecular formula is C19H36IN5OS. The lowest BCUT2D eigenvalue weighted by Crippen LogP contribution is -2.58. The molecule has 0 spiro atoms. The van der Waals surface area contributed by atoms with Crippen LogP contribution in [0.3, 0.4) is 0 Å². The zero-order valence-electron chi connectivity index (χ0n) is 16.8. The fourth-order valence-corrected chi connectivity index (χ4v) is 5.55. The highest BCUT2D eigenvalue weighted by Gasteiger charge is 2.40. The van der Waals surface area contributed by atoms with Crippen LogP contribution in [-0.4, -0.2) is 84.5 Å². The Hall–Kier alpha value is -0.220. The quantitative estimate of drug-likeness (QED) is 0.346. The summed E-state index contributed by atoms with van der Waals surface area (Å²) in [7, 11) is 1.86. The van der Waals surface area contributed by atoms with Gasteiger partial charge in [-0.2, -0.15) is 11.8 Å². The number of piperidine rings is 1. The van der Waals surface area contributed by atoms with Crippen molar-refractivity contribution in [1.82, 2.24) is 20.4 Å². The molecule has 1 amide bonds. The molecule has 1 aliphatic carbocycles. The maximum absolute atomic E-state index is 11.5. The lowest BCUT2D eigenvalue weighted by Gasteiger charge is -2.44. The van der Waals surface area contributed by atoms with Gasteiger partial charge in [-0.25, -0.2) is 0 Å². The van der Waals surface area contributed by atoms with Gasteiger partial charge in [0.1, 0.15) is 0 Å². The number of aliphatic imine (C=N–C) groups is 1. The molecule has 3 fully saturated rings. The number of thioether (sulfide) groups is 1. The van der Waals surface area contributed by atoms with E-state index in [2.05, 4.69) is 32.3 Å². The maximum Gasteiger partial charge on any atom is 0.219 e. The van der Waals surface area contributed by atoms with Crippen molar-refractivity contribution in [3.63, 3.8) is 0 Å². The minimum absolute atomic E-state index is 0. The first-order valence-corrected chi connectivity index (χ1v) is 11.3. The minimum atomic E-state index is 0. The summed E-state index contributed by atoms with van der Waals surface area (Å²) in [5.74, 6) is 3.64. The first kappa shape index (κ1) is 23.1. The van der Waals surface area contributed by atoms with Crippen molar-refractivity contribution in [3.05, 3.63) is 0 Å². The third-order valence-electron chi connectivity index (χ3n) is 6.31. The van der Waals surface area contributed by atoms with Gasteiger partial charge < -0.3 is 15.5 Å². The lowest BCUT2D eigenvalue weighted by molar-refractivity contribution is -0.129. The summed E-state index contributed by atoms with van der Waals surface area (Å²) in [4.78, 5) is 20.6. The highest BCUT2D eigenvalue weighted by Crippen LogP contribution is 2.36. The zero-order valence-corrected chi connectivity index (χ0v) is 20.0. The molecule has 27 heavy (non-hydrogen) atoms. The molecule has 3 aliphatic rings. The van der Waals surface area contributed by atoms with Gasteiger partial charge in [-0.3, -0.25) is 14.7 Å². The van der Waals surface area contributed by atoms with Crippen molar-refractivity contribution < 1.29 is 4.79 Å². The summed E-state index contributed by atoms with van der Waals surface area (Å²) in [6.07, 6.45) is 7.29. The Morgan fingerprint density at radius 3 is 2.33 bits per heavy atom. The first-order valence-electron chi connectivity index (χ1n) is 10.2. The van der Waals surface area contributed by atoms with E-state index in [9.17, 15) is 4.79 Å². The van der Waals surface area contributed by atoms with E-state index in [1.54, 1.807) is 6.92 Å². The Morgan fingerprint density at radius 2 is 1.78 bits per heavy atom. The Morgan fingerprint density at radius 1 is 1.15 bits per heavy atom. The molecule has 0 aromatic rings. The monoisotopic (exact) mass is 509 g/mol. The number of hydrogen-bond donors (Lipinski definition) is 2. The van der Waals surface area contributed by atoms with Gasteiger partial charge in [0.2, 0.25) is 5.91 Å². The van der Waals surface area contributed by atoms with Crippen LogP contribution in [0.25, 0.3) is 0 Å². The molecule has 0 atom stereocenters. The molecule has 2 aliphatic heterocycles. The summed E-state index contributed by atoms with van der Waals surface area (Å²) in [5, 5.41) is 7.23. The average Bonchev–Trinajstić information content (AvgIpc) is 3.16. The smallest absolute Gasteiger partial charge is 0.219 e. The van der Waals surface area contributed by atoms with Crippen LogP contribution in [0.4, 0.5) is 0 Å². The predicted molar refractivity (Wildman–Crippen MR) is 125 cm³/mol. The second-order valence-electron chi connectivity index (χ2n) is 7.88. The van der Waals surface area contributed by atoms with E-state index in [1.165, 1.54) is 50.3 Å². The zero-order chi connectivity index (χ0) is 18.4. The number of rotatable bonds is 4. The van der Waals surface area contributed by atoms with Crippen molar-refractivity contribution in [2.24, 2.45) is 4.99 Å². The molecule has 2 heterocycles. The van der Waals surface area contributed by atoms with E-state index in [4.69, 9.17) is 0 Å². The summed E-state index contributed by atoms with van der Waals surface area (Å²) in [5.41, 5.74) is 0.316. The Labute approximate surface area is 185 Å². The van der Waals surface area contributed by atoms with E-state index in [0.29, 0.717) is 11.6 Å². The predicted octanol–water partition coefficient (Wildman–Crippen LogP) is 2.14. The van der Waals surface area contributed by atoms with Gasteiger partial charge in [-0.1, -0.05) is 12.8 Å². The number of guanidine groups is 1. The van der Waals surface area contributed by atoms with Gasteiger partial charge in [-0.05, 0) is 25.7 Å². The molecule has 156 valence electrons. The second-order valence-corrected chi connectivity index (χ2v) is 9.11. The number of halogens is 1. The van der Waals surface area contributed by atoms with Gasteiger partial charge in [0.15, 0.2) is 5.96 Å². The molecule has 2 saturated heterocycles. The third-order valence-corrected chi connectivity index (χ3v) is 7.25. The highest BCUT2D eigenvalue weighted by atomic mass is 127. The standard InChI is InChI=1S/C19H35N5OS.HI/c1-16(25)23-9-5-17(6-10-23)22-18(20-2)21-15-19(7-3-4-8-19)24-11-13-26-14-12-24;/h17H,3-15H2,1-2H3,(H2,20,21,22);1H. The number of likely N-dealkylation sites (tertiary alicyclic amines) is 1. The molecule has 3 rings (SSSR count). The van der Waals surface area contributed by atoms with Crippen LogP contribution in [0.2, 0.25) is 0 Å². The van der Waals surface area contributed by atoms with Gasteiger partial charge in [0, 0.05) is 69.8 Å². The van der Waals surface area contributed by atoms with Crippen LogP contribution in [0, 0.1) is 0 Å². The van der Waals surface area contributed by atoms with Crippen LogP contribution < -0.4 is 10.6 Å². The number of nitrogens with zero attached hydrogens (tertiary/aromatic N) is 3. The molecule has 6 nitrogen and oxygen atoms in total. The van der Waals surface area contributed by atoms with Crippen molar-refractivity contribution in [2.45, 2.75) is 57.0 Å². The number of carbonyl (C=O) groups excluding carboxylic acids is 1. The first-order chi connectivity index (χ1) is 12.6. The summed E-state index contributed by atoms with van der Waals surface area (Å²) in [6, 6.07) is 0.405. The lowest BCUT2D eigenvalue weighted by atomic mass is 9.94. The minimum Gasteiger partial charge on any atom is -0.355 e. The van der Waals surface area contributed by atoms with E-state index >= 15 is 0 Å². The van der Waals surface area contributed by atoms with Crippen molar-refractivity contribution >= 4 is 47.6 Å². The van der Waals surface area contributed by atoms with E-state index in [-0.39, 0.29) is 29.9 Å². The van der Waals surface area contributed by atoms with E-state index < -0.39 is 0 Å². The van der Waals surface area contributed by atoms with Crippen LogP contribution in [0.1, 0.15) is 45.4 Å². The third kappa shape index (κ3) is 6.13. The second kappa shape index (κ2) is 11.1. The number of amides is 1. The average molecular weight is 510 g/mol. The molecule has 0 bridgehead atoms. The molecule has 1 saturated carbocycles. The molecule has 2 N–H and O–H groups in total. The van der Waals surface area contributed by atoms with Crippen LogP contribution >= 0.6 is 35.7 Å². The Kier molecular flexibility index (Phi) is 9.47. The Balaban J connectivity index is 0.00000261. The molecular weight excluding hydrogens is 473 g/mol. The largest absolute Gasteiger partial charge is 0.355 e. The van der Waals surface area contributed by atoms with Gasteiger partial charge in [0.05, 0.1) is 0 Å². The van der Waals surface area contributed by atoms with Crippen molar-refractivity contribution in [1.29, 1.82) is 0 Å². The van der Waals surface area contributed by atoms with Crippen LogP contribution in [-0.2, 0) is 4.79 Å². The highest BCUT2D eigenvalue weighted by molar-refractivity contribution is 14.0. The number of hydrogen-bond acceptors (Lipinski definition) is 4. The summed E-state index contributed by atoms with van der Waals surface area (Å²) >= 11 is 2.08. The molecule has 0 radical (unpaired) electrons. The van der Waals surface area contributed by atoms with E-state index in [0.717, 1.165) is 38.4 Å². The molecule has 0 aromatic heterocycles. The summed E-state index contributed by atoms with van der Waals surface area (Å²) < 4.78 is 0. The van der Waals surface area contributed by atoms with Crippen LogP contribution in [0.5, 0.6) is 0 Å². The van der Waals surface area contributed by atoms with Crippen LogP contribution in [0.15, 0.2) is 4.99 Å². The molecule has 0 aromatic carbocycles. The SMILES string of the molecule is CN=C(NCC1(N2CCSCC2)CCCC1)NC1CCN(C(C)=O)CC1.I. The number of carbonyl (C=O) groups is 1. The normalized spacial score (nSPS) is 24.4. The fourth-order valence-electron chi connectivity index (χ4n) is 4.65. The summed E-state index contributed by atoms with van der Waals surface area (Å²) in [6.45, 7) is 6.79. The van der Waals surface area contributed by atoms with Gasteiger partial charge >= 0.3 is 0 Å². The van der Waals surface area contributed by atoms with Gasteiger partial charge in [0.25, 0.3) is 0 Å². The molecule has 0 unspecified atom stereocenters. The Bertz CT molecular complexity index is 498. The topological polar surface area (TPSA) is 60.0 Å². The fraction of sp³-hybridized carbons (Fsp3) is 0.895. The van der Waals surface area contributed by atoms with Crippen molar-refractivity contribution in [3.8, 4) is 0 Å². The van der Waals surface area contributed by atoms with E-state index in [1.807, 2.05) is 11.9 Å². The maximum atomic E-state index is 11.5. The van der Waals surface area contributed by atoms with Gasteiger partial charge in [-0.15, -0.1) is 24.0 Å².